The van der Waals surface area contributed by atoms with Gasteiger partial charge < -0.3 is 20.2 Å². The highest BCUT2D eigenvalue weighted by Crippen LogP contribution is 2.01. The van der Waals surface area contributed by atoms with Crippen LogP contribution in [0.2, 0.25) is 0 Å². The second-order valence-corrected chi connectivity index (χ2v) is 5.32. The van der Waals surface area contributed by atoms with Gasteiger partial charge in [0.1, 0.15) is 0 Å². The lowest BCUT2D eigenvalue weighted by molar-refractivity contribution is -0.138. The van der Waals surface area contributed by atoms with Crippen molar-refractivity contribution in [2.24, 2.45) is 0 Å². The average Bonchev–Trinajstić information content (AvgIpc) is 2.46. The van der Waals surface area contributed by atoms with Gasteiger partial charge in [-0.1, -0.05) is 13.8 Å². The predicted octanol–water partition coefficient (Wildman–Crippen LogP) is 0.130. The molecule has 122 valence electrons. The largest absolute Gasteiger partial charge is 0.480 e. The molecule has 0 aliphatic carbocycles. The zero-order chi connectivity index (χ0) is 15.7. The third kappa shape index (κ3) is 6.77. The summed E-state index contributed by atoms with van der Waals surface area (Å²) in [4.78, 5) is 28.6. The van der Waals surface area contributed by atoms with Crippen LogP contribution in [0.1, 0.15) is 20.3 Å². The fraction of sp³-hybridized carbons (Fsp3) is 0.857. The molecule has 7 heteroatoms. The van der Waals surface area contributed by atoms with Crippen LogP contribution in [0.4, 0.5) is 4.79 Å². The smallest absolute Gasteiger partial charge is 0.317 e. The normalized spacial score (nSPS) is 16.2. The second kappa shape index (κ2) is 9.57. The lowest BCUT2D eigenvalue weighted by Crippen LogP contribution is -2.53. The van der Waals surface area contributed by atoms with Gasteiger partial charge in [-0.3, -0.25) is 9.69 Å². The Kier molecular flexibility index (Phi) is 8.07. The van der Waals surface area contributed by atoms with Gasteiger partial charge in [-0.25, -0.2) is 4.79 Å². The highest BCUT2D eigenvalue weighted by molar-refractivity contribution is 5.74. The van der Waals surface area contributed by atoms with Crippen molar-refractivity contribution in [2.75, 3.05) is 58.9 Å². The first-order valence-electron chi connectivity index (χ1n) is 7.76. The summed E-state index contributed by atoms with van der Waals surface area (Å²) in [6.45, 7) is 10.3. The molecule has 2 amide bonds. The Hall–Kier alpha value is -1.34. The van der Waals surface area contributed by atoms with Crippen molar-refractivity contribution in [2.45, 2.75) is 20.3 Å². The van der Waals surface area contributed by atoms with Crippen LogP contribution in [0.5, 0.6) is 0 Å². The Morgan fingerprint density at radius 1 is 1.14 bits per heavy atom. The van der Waals surface area contributed by atoms with Crippen LogP contribution >= 0.6 is 0 Å². The number of nitrogens with one attached hydrogen (secondary N) is 1. The molecule has 1 aliphatic rings. The quantitative estimate of drug-likeness (QED) is 0.666. The molecular weight excluding hydrogens is 272 g/mol. The van der Waals surface area contributed by atoms with Gasteiger partial charge in [0.05, 0.1) is 6.54 Å². The summed E-state index contributed by atoms with van der Waals surface area (Å²) in [6, 6.07) is -0.0440. The molecule has 0 aromatic carbocycles. The lowest BCUT2D eigenvalue weighted by Gasteiger charge is -2.34. The van der Waals surface area contributed by atoms with E-state index >= 15 is 0 Å². The molecule has 1 fully saturated rings. The Morgan fingerprint density at radius 2 is 1.81 bits per heavy atom. The number of rotatable bonds is 8. The molecule has 1 saturated heterocycles. The SMILES string of the molecule is CCCN(CC)CCNC(=O)N1CCN(CC(=O)O)CC1. The second-order valence-electron chi connectivity index (χ2n) is 5.32. The van der Waals surface area contributed by atoms with E-state index in [1.165, 1.54) is 0 Å². The van der Waals surface area contributed by atoms with E-state index in [4.69, 9.17) is 5.11 Å². The van der Waals surface area contributed by atoms with E-state index in [0.717, 1.165) is 26.1 Å². The Labute approximate surface area is 126 Å². The molecule has 0 bridgehead atoms. The number of carbonyl (C=O) groups excluding carboxylic acids is 1. The van der Waals surface area contributed by atoms with Gasteiger partial charge in [-0.15, -0.1) is 0 Å². The minimum absolute atomic E-state index is 0.0440. The highest BCUT2D eigenvalue weighted by Gasteiger charge is 2.21. The zero-order valence-corrected chi connectivity index (χ0v) is 13.2. The van der Waals surface area contributed by atoms with E-state index in [9.17, 15) is 9.59 Å². The molecule has 2 N–H and O–H groups in total. The number of aliphatic carboxylic acids is 1. The van der Waals surface area contributed by atoms with Gasteiger partial charge in [0.25, 0.3) is 0 Å². The molecule has 0 radical (unpaired) electrons. The molecule has 1 aliphatic heterocycles. The summed E-state index contributed by atoms with van der Waals surface area (Å²) in [5, 5.41) is 11.7. The predicted molar refractivity (Wildman–Crippen MR) is 81.5 cm³/mol. The number of carbonyl (C=O) groups is 2. The van der Waals surface area contributed by atoms with Crippen molar-refractivity contribution in [3.63, 3.8) is 0 Å². The number of nitrogens with zero attached hydrogens (tertiary/aromatic N) is 3. The number of carboxylic acid groups (broad SMARTS) is 1. The molecule has 0 aromatic rings. The van der Waals surface area contributed by atoms with Gasteiger partial charge in [-0.05, 0) is 19.5 Å². The molecule has 7 nitrogen and oxygen atoms in total. The fourth-order valence-corrected chi connectivity index (χ4v) is 2.48. The average molecular weight is 300 g/mol. The van der Waals surface area contributed by atoms with Crippen LogP contribution < -0.4 is 5.32 Å². The fourth-order valence-electron chi connectivity index (χ4n) is 2.48. The first-order chi connectivity index (χ1) is 10.1. The van der Waals surface area contributed by atoms with Crippen molar-refractivity contribution < 1.29 is 14.7 Å². The summed E-state index contributed by atoms with van der Waals surface area (Å²) in [5.74, 6) is -0.816. The summed E-state index contributed by atoms with van der Waals surface area (Å²) in [7, 11) is 0. The van der Waals surface area contributed by atoms with E-state index < -0.39 is 5.97 Å². The lowest BCUT2D eigenvalue weighted by atomic mass is 10.3. The van der Waals surface area contributed by atoms with Gasteiger partial charge in [-0.2, -0.15) is 0 Å². The first kappa shape index (κ1) is 17.7. The minimum atomic E-state index is -0.816. The summed E-state index contributed by atoms with van der Waals surface area (Å²) < 4.78 is 0. The molecule has 0 aromatic heterocycles. The van der Waals surface area contributed by atoms with Crippen LogP contribution in [-0.2, 0) is 4.79 Å². The van der Waals surface area contributed by atoms with E-state index in [2.05, 4.69) is 24.1 Å². The van der Waals surface area contributed by atoms with E-state index in [0.29, 0.717) is 32.7 Å². The third-order valence-corrected chi connectivity index (χ3v) is 3.71. The van der Waals surface area contributed by atoms with Gasteiger partial charge in [0.15, 0.2) is 0 Å². The highest BCUT2D eigenvalue weighted by atomic mass is 16.4. The van der Waals surface area contributed by atoms with E-state index in [1.807, 2.05) is 4.90 Å². The maximum atomic E-state index is 12.0. The van der Waals surface area contributed by atoms with Crippen LogP contribution in [0.25, 0.3) is 0 Å². The number of urea groups is 1. The standard InChI is InChI=1S/C14H28N4O3/c1-3-6-16(4-2)7-5-15-14(21)18-10-8-17(9-11-18)12-13(19)20/h3-12H2,1-2H3,(H,15,21)(H,19,20). The minimum Gasteiger partial charge on any atom is -0.480 e. The van der Waals surface area contributed by atoms with Crippen LogP contribution in [0, 0.1) is 0 Å². The third-order valence-electron chi connectivity index (χ3n) is 3.71. The molecular formula is C14H28N4O3. The van der Waals surface area contributed by atoms with Gasteiger partial charge in [0, 0.05) is 39.3 Å². The molecule has 0 atom stereocenters. The maximum Gasteiger partial charge on any atom is 0.317 e. The number of carboxylic acids is 1. The number of hydrogen-bond donors (Lipinski definition) is 2. The Bertz CT molecular complexity index is 330. The zero-order valence-electron chi connectivity index (χ0n) is 13.2. The Balaban J connectivity index is 2.20. The molecule has 1 heterocycles. The summed E-state index contributed by atoms with van der Waals surface area (Å²) in [5.41, 5.74) is 0. The van der Waals surface area contributed by atoms with Crippen molar-refractivity contribution in [3.05, 3.63) is 0 Å². The van der Waals surface area contributed by atoms with Crippen LogP contribution in [-0.4, -0.2) is 90.7 Å². The topological polar surface area (TPSA) is 76.1 Å². The molecule has 0 spiro atoms. The number of hydrogen-bond acceptors (Lipinski definition) is 4. The monoisotopic (exact) mass is 300 g/mol. The summed E-state index contributed by atoms with van der Waals surface area (Å²) in [6.07, 6.45) is 1.12. The van der Waals surface area contributed by atoms with Crippen LogP contribution in [0.15, 0.2) is 0 Å². The van der Waals surface area contributed by atoms with Crippen molar-refractivity contribution in [1.29, 1.82) is 0 Å². The van der Waals surface area contributed by atoms with E-state index in [1.54, 1.807) is 4.90 Å². The van der Waals surface area contributed by atoms with Gasteiger partial charge >= 0.3 is 12.0 Å². The molecule has 1 rings (SSSR count). The Morgan fingerprint density at radius 3 is 2.33 bits per heavy atom. The molecule has 21 heavy (non-hydrogen) atoms. The number of likely N-dealkylation sites (N-methyl/N-ethyl adjacent to an activating group) is 1. The van der Waals surface area contributed by atoms with Gasteiger partial charge in [0.2, 0.25) is 0 Å². The van der Waals surface area contributed by atoms with Crippen LogP contribution in [0.3, 0.4) is 0 Å². The summed E-state index contributed by atoms with van der Waals surface area (Å²) >= 11 is 0. The maximum absolute atomic E-state index is 12.0. The first-order valence-corrected chi connectivity index (χ1v) is 7.76. The number of amides is 2. The van der Waals surface area contributed by atoms with Crippen molar-refractivity contribution in [3.8, 4) is 0 Å². The van der Waals surface area contributed by atoms with Crippen molar-refractivity contribution in [1.82, 2.24) is 20.0 Å². The van der Waals surface area contributed by atoms with Crippen molar-refractivity contribution >= 4 is 12.0 Å². The number of piperazine rings is 1. The molecule has 0 unspecified atom stereocenters. The van der Waals surface area contributed by atoms with E-state index in [-0.39, 0.29) is 12.6 Å². The molecule has 0 saturated carbocycles.